The average molecular weight is 341 g/mol. The summed E-state index contributed by atoms with van der Waals surface area (Å²) < 4.78 is 13.9. The lowest BCUT2D eigenvalue weighted by Gasteiger charge is -2.38. The van der Waals surface area contributed by atoms with Gasteiger partial charge in [-0.2, -0.15) is 0 Å². The maximum Gasteiger partial charge on any atom is 0.253 e. The Morgan fingerprint density at radius 1 is 1.16 bits per heavy atom. The first-order valence-corrected chi connectivity index (χ1v) is 8.73. The van der Waals surface area contributed by atoms with Gasteiger partial charge in [0, 0.05) is 30.1 Å². The predicted molar refractivity (Wildman–Crippen MR) is 96.8 cm³/mol. The van der Waals surface area contributed by atoms with Crippen LogP contribution in [-0.4, -0.2) is 34.6 Å². The Balaban J connectivity index is 1.76. The summed E-state index contributed by atoms with van der Waals surface area (Å²) in [5.74, 6) is -0.220. The van der Waals surface area contributed by atoms with E-state index in [1.807, 2.05) is 4.90 Å². The number of rotatable bonds is 3. The van der Waals surface area contributed by atoms with Crippen molar-refractivity contribution in [2.24, 2.45) is 5.92 Å². The molecule has 2 aromatic carbocycles. The summed E-state index contributed by atoms with van der Waals surface area (Å²) in [7, 11) is 0. The van der Waals surface area contributed by atoms with Gasteiger partial charge >= 0.3 is 0 Å². The number of amides is 1. The zero-order chi connectivity index (χ0) is 18.0. The fraction of sp³-hybridized carbons (Fsp3) is 0.381. The Labute approximate surface area is 148 Å². The third-order valence-electron chi connectivity index (χ3n) is 5.02. The second-order valence-corrected chi connectivity index (χ2v) is 7.30. The molecule has 132 valence electrons. The van der Waals surface area contributed by atoms with Crippen LogP contribution in [0, 0.1) is 11.7 Å². The van der Waals surface area contributed by atoms with Crippen LogP contribution < -0.4 is 0 Å². The van der Waals surface area contributed by atoms with Gasteiger partial charge in [-0.05, 0) is 50.5 Å². The van der Waals surface area contributed by atoms with E-state index in [1.54, 1.807) is 56.3 Å². The molecule has 0 aromatic heterocycles. The number of piperidine rings is 1. The lowest BCUT2D eigenvalue weighted by molar-refractivity contribution is -0.0146. The first kappa shape index (κ1) is 17.6. The van der Waals surface area contributed by atoms with Crippen molar-refractivity contribution >= 4 is 5.91 Å². The molecule has 0 bridgehead atoms. The number of nitrogens with zero attached hydrogens (tertiary/aromatic N) is 1. The summed E-state index contributed by atoms with van der Waals surface area (Å²) in [5.41, 5.74) is 1.09. The molecule has 3 nitrogen and oxygen atoms in total. The van der Waals surface area contributed by atoms with Crippen LogP contribution in [0.2, 0.25) is 0 Å². The Hall–Kier alpha value is -2.20. The quantitative estimate of drug-likeness (QED) is 0.912. The summed E-state index contributed by atoms with van der Waals surface area (Å²) >= 11 is 0. The minimum absolute atomic E-state index is 0.0333. The predicted octanol–water partition coefficient (Wildman–Crippen LogP) is 4.12. The van der Waals surface area contributed by atoms with Crippen molar-refractivity contribution in [3.8, 4) is 11.1 Å². The molecule has 0 aliphatic carbocycles. The molecule has 1 atom stereocenters. The van der Waals surface area contributed by atoms with E-state index in [1.165, 1.54) is 6.07 Å². The van der Waals surface area contributed by atoms with Gasteiger partial charge in [-0.1, -0.05) is 30.3 Å². The highest BCUT2D eigenvalue weighted by Crippen LogP contribution is 2.28. The number of hydrogen-bond acceptors (Lipinski definition) is 2. The van der Waals surface area contributed by atoms with Crippen LogP contribution in [0.25, 0.3) is 11.1 Å². The molecule has 1 aliphatic heterocycles. The zero-order valence-corrected chi connectivity index (χ0v) is 14.7. The van der Waals surface area contributed by atoms with E-state index < -0.39 is 5.60 Å². The highest BCUT2D eigenvalue weighted by molar-refractivity contribution is 5.94. The summed E-state index contributed by atoms with van der Waals surface area (Å²) in [5, 5.41) is 10.2. The van der Waals surface area contributed by atoms with Gasteiger partial charge in [0.1, 0.15) is 5.82 Å². The summed E-state index contributed by atoms with van der Waals surface area (Å²) in [6, 6.07) is 13.7. The SMILES string of the molecule is CC(C)(O)[C@H]1CCCN(C(=O)c2ccc(-c3ccccc3F)cc2)C1. The third-order valence-corrected chi connectivity index (χ3v) is 5.02. The minimum Gasteiger partial charge on any atom is -0.390 e. The Morgan fingerprint density at radius 3 is 2.48 bits per heavy atom. The second kappa shape index (κ2) is 6.96. The Morgan fingerprint density at radius 2 is 1.84 bits per heavy atom. The topological polar surface area (TPSA) is 40.5 Å². The molecular weight excluding hydrogens is 317 g/mol. The average Bonchev–Trinajstić information content (AvgIpc) is 2.61. The van der Waals surface area contributed by atoms with E-state index >= 15 is 0 Å². The lowest BCUT2D eigenvalue weighted by Crippen LogP contribution is -2.46. The van der Waals surface area contributed by atoms with Crippen LogP contribution in [0.15, 0.2) is 48.5 Å². The highest BCUT2D eigenvalue weighted by Gasteiger charge is 2.33. The summed E-state index contributed by atoms with van der Waals surface area (Å²) in [4.78, 5) is 14.6. The van der Waals surface area contributed by atoms with E-state index in [-0.39, 0.29) is 17.6 Å². The first-order chi connectivity index (χ1) is 11.9. The number of benzene rings is 2. The number of hydrogen-bond donors (Lipinski definition) is 1. The van der Waals surface area contributed by atoms with E-state index in [9.17, 15) is 14.3 Å². The van der Waals surface area contributed by atoms with Crippen LogP contribution in [0.4, 0.5) is 4.39 Å². The fourth-order valence-electron chi connectivity index (χ4n) is 3.41. The van der Waals surface area contributed by atoms with Crippen LogP contribution in [-0.2, 0) is 0 Å². The van der Waals surface area contributed by atoms with Gasteiger partial charge < -0.3 is 10.0 Å². The maximum absolute atomic E-state index is 13.9. The minimum atomic E-state index is -0.784. The second-order valence-electron chi connectivity index (χ2n) is 7.30. The standard InChI is InChI=1S/C21H24FNO2/c1-21(2,25)17-6-5-13-23(14-17)20(24)16-11-9-15(10-12-16)18-7-3-4-8-19(18)22/h3-4,7-12,17,25H,5-6,13-14H2,1-2H3/t17-/m0/s1. The largest absolute Gasteiger partial charge is 0.390 e. The van der Waals surface area contributed by atoms with Crippen molar-refractivity contribution in [3.05, 3.63) is 59.9 Å². The lowest BCUT2D eigenvalue weighted by atomic mass is 9.84. The summed E-state index contributed by atoms with van der Waals surface area (Å²) in [6.07, 6.45) is 1.83. The number of aliphatic hydroxyl groups is 1. The molecule has 0 radical (unpaired) electrons. The molecule has 1 amide bonds. The molecular formula is C21H24FNO2. The van der Waals surface area contributed by atoms with Crippen molar-refractivity contribution in [3.63, 3.8) is 0 Å². The molecule has 0 unspecified atom stereocenters. The van der Waals surface area contributed by atoms with Gasteiger partial charge in [-0.15, -0.1) is 0 Å². The molecule has 1 fully saturated rings. The zero-order valence-electron chi connectivity index (χ0n) is 14.7. The monoisotopic (exact) mass is 341 g/mol. The van der Waals surface area contributed by atoms with Gasteiger partial charge in [0.15, 0.2) is 0 Å². The fourth-order valence-corrected chi connectivity index (χ4v) is 3.41. The van der Waals surface area contributed by atoms with Crippen molar-refractivity contribution < 1.29 is 14.3 Å². The van der Waals surface area contributed by atoms with Crippen LogP contribution in [0.1, 0.15) is 37.0 Å². The highest BCUT2D eigenvalue weighted by atomic mass is 19.1. The van der Waals surface area contributed by atoms with Crippen molar-refractivity contribution in [1.29, 1.82) is 0 Å². The normalized spacial score (nSPS) is 18.2. The Bertz CT molecular complexity index is 749. The van der Waals surface area contributed by atoms with Gasteiger partial charge in [0.25, 0.3) is 5.91 Å². The van der Waals surface area contributed by atoms with Gasteiger partial charge in [0.05, 0.1) is 5.60 Å². The van der Waals surface area contributed by atoms with Crippen molar-refractivity contribution in [2.75, 3.05) is 13.1 Å². The molecule has 1 aliphatic rings. The number of likely N-dealkylation sites (tertiary alicyclic amines) is 1. The number of carbonyl (C=O) groups is 1. The molecule has 0 saturated carbocycles. The Kier molecular flexibility index (Phi) is 4.91. The molecule has 1 N–H and O–H groups in total. The van der Waals surface area contributed by atoms with E-state index in [2.05, 4.69) is 0 Å². The maximum atomic E-state index is 13.9. The summed E-state index contributed by atoms with van der Waals surface area (Å²) in [6.45, 7) is 4.88. The molecule has 4 heteroatoms. The molecule has 0 spiro atoms. The van der Waals surface area contributed by atoms with E-state index in [4.69, 9.17) is 0 Å². The van der Waals surface area contributed by atoms with Crippen LogP contribution >= 0.6 is 0 Å². The smallest absolute Gasteiger partial charge is 0.253 e. The van der Waals surface area contributed by atoms with Gasteiger partial charge in [-0.3, -0.25) is 4.79 Å². The molecule has 2 aromatic rings. The van der Waals surface area contributed by atoms with E-state index in [0.29, 0.717) is 24.2 Å². The first-order valence-electron chi connectivity index (χ1n) is 8.73. The number of halogens is 1. The third kappa shape index (κ3) is 3.90. The molecule has 1 heterocycles. The number of carbonyl (C=O) groups excluding carboxylic acids is 1. The van der Waals surface area contributed by atoms with Gasteiger partial charge in [-0.25, -0.2) is 4.39 Å². The van der Waals surface area contributed by atoms with Crippen molar-refractivity contribution in [2.45, 2.75) is 32.3 Å². The molecule has 3 rings (SSSR count). The van der Waals surface area contributed by atoms with Crippen LogP contribution in [0.5, 0.6) is 0 Å². The van der Waals surface area contributed by atoms with Crippen LogP contribution in [0.3, 0.4) is 0 Å². The van der Waals surface area contributed by atoms with Gasteiger partial charge in [0.2, 0.25) is 0 Å². The molecule has 1 saturated heterocycles. The van der Waals surface area contributed by atoms with E-state index in [0.717, 1.165) is 18.4 Å². The van der Waals surface area contributed by atoms with Crippen molar-refractivity contribution in [1.82, 2.24) is 4.90 Å². The molecule has 25 heavy (non-hydrogen) atoms.